The summed E-state index contributed by atoms with van der Waals surface area (Å²) in [6.07, 6.45) is 4.48. The van der Waals surface area contributed by atoms with Gasteiger partial charge < -0.3 is 0 Å². The number of aliphatic hydroxyl groups excluding tert-OH is 1. The van der Waals surface area contributed by atoms with Crippen LogP contribution in [0.15, 0.2) is 60.8 Å². The molecule has 1 N–H and O–H groups in total. The van der Waals surface area contributed by atoms with Gasteiger partial charge in [0.1, 0.15) is 0 Å². The van der Waals surface area contributed by atoms with Gasteiger partial charge in [-0.2, -0.15) is 0 Å². The SMILES string of the molecule is CN1C2=[Te](c3ccc(CO)cc31)N(c1ccccc1)C=C2. The number of fused-ring (bicyclic) bond motifs is 2. The van der Waals surface area contributed by atoms with E-state index in [1.54, 1.807) is 0 Å². The summed E-state index contributed by atoms with van der Waals surface area (Å²) < 4.78 is 5.38. The van der Waals surface area contributed by atoms with Crippen LogP contribution >= 0.6 is 0 Å². The van der Waals surface area contributed by atoms with Crippen molar-refractivity contribution in [2.75, 3.05) is 15.1 Å². The minimum absolute atomic E-state index is 0.102. The normalized spacial score (nSPS) is 16.6. The van der Waals surface area contributed by atoms with Gasteiger partial charge in [-0.3, -0.25) is 0 Å². The Morgan fingerprint density at radius 1 is 1.10 bits per heavy atom. The van der Waals surface area contributed by atoms with Gasteiger partial charge in [-0.05, 0) is 0 Å². The molecule has 0 spiro atoms. The second kappa shape index (κ2) is 4.99. The van der Waals surface area contributed by atoms with Gasteiger partial charge in [-0.1, -0.05) is 0 Å². The number of hydrogen-bond acceptors (Lipinski definition) is 3. The molecule has 0 aliphatic carbocycles. The number of para-hydroxylation sites is 1. The van der Waals surface area contributed by atoms with Crippen LogP contribution < -0.4 is 11.7 Å². The molecular weight excluding hydrogens is 376 g/mol. The predicted octanol–water partition coefficient (Wildman–Crippen LogP) is 1.57. The van der Waals surface area contributed by atoms with Crippen molar-refractivity contribution in [2.45, 2.75) is 6.61 Å². The predicted molar refractivity (Wildman–Crippen MR) is 89.2 cm³/mol. The molecule has 106 valence electrons. The quantitative estimate of drug-likeness (QED) is 0.787. The Morgan fingerprint density at radius 2 is 1.90 bits per heavy atom. The van der Waals surface area contributed by atoms with E-state index in [9.17, 15) is 5.11 Å². The van der Waals surface area contributed by atoms with Crippen LogP contribution in [0.25, 0.3) is 0 Å². The second-order valence-corrected chi connectivity index (χ2v) is 10.3. The van der Waals surface area contributed by atoms with Crippen molar-refractivity contribution in [1.29, 1.82) is 0 Å². The zero-order chi connectivity index (χ0) is 14.4. The summed E-state index contributed by atoms with van der Waals surface area (Å²) in [5, 5.41) is 9.35. The van der Waals surface area contributed by atoms with Crippen LogP contribution in [-0.2, 0) is 6.61 Å². The summed E-state index contributed by atoms with van der Waals surface area (Å²) in [7, 11) is 2.13. The van der Waals surface area contributed by atoms with Crippen LogP contribution in [0.3, 0.4) is 0 Å². The summed E-state index contributed by atoms with van der Waals surface area (Å²) >= 11 is -1.75. The molecule has 0 amide bonds. The number of benzene rings is 2. The fourth-order valence-electron chi connectivity index (χ4n) is 2.79. The average molecular weight is 392 g/mol. The Morgan fingerprint density at radius 3 is 2.67 bits per heavy atom. The molecular formula is C17H16N2OTe. The first-order valence-electron chi connectivity index (χ1n) is 6.91. The van der Waals surface area contributed by atoms with Gasteiger partial charge in [-0.25, -0.2) is 0 Å². The van der Waals surface area contributed by atoms with Crippen molar-refractivity contribution in [3.63, 3.8) is 0 Å². The summed E-state index contributed by atoms with van der Waals surface area (Å²) in [4.78, 5) is 2.30. The molecule has 0 bridgehead atoms. The molecule has 2 aromatic rings. The molecule has 2 aliphatic rings. The Hall–Kier alpha value is -1.60. The average Bonchev–Trinajstić information content (AvgIpc) is 3.09. The van der Waals surface area contributed by atoms with Crippen molar-refractivity contribution in [3.05, 3.63) is 66.4 Å². The number of likely N-dealkylation sites (N-methyl/N-ethyl adjacent to an activating group) is 1. The van der Waals surface area contributed by atoms with Gasteiger partial charge in [-0.15, -0.1) is 0 Å². The van der Waals surface area contributed by atoms with Crippen LogP contribution in [0.2, 0.25) is 0 Å². The maximum atomic E-state index is 9.35. The van der Waals surface area contributed by atoms with E-state index in [-0.39, 0.29) is 6.61 Å². The molecule has 3 nitrogen and oxygen atoms in total. The van der Waals surface area contributed by atoms with Crippen molar-refractivity contribution in [1.82, 2.24) is 0 Å². The monoisotopic (exact) mass is 394 g/mol. The van der Waals surface area contributed by atoms with Gasteiger partial charge in [0.05, 0.1) is 0 Å². The molecule has 0 radical (unpaired) electrons. The molecule has 0 aromatic heterocycles. The van der Waals surface area contributed by atoms with Crippen molar-refractivity contribution in [2.24, 2.45) is 0 Å². The Labute approximate surface area is 131 Å². The van der Waals surface area contributed by atoms with Crippen LogP contribution in [0, 0.1) is 0 Å². The molecule has 4 rings (SSSR count). The van der Waals surface area contributed by atoms with Gasteiger partial charge in [0.25, 0.3) is 0 Å². The maximum absolute atomic E-state index is 9.35. The summed E-state index contributed by atoms with van der Waals surface area (Å²) in [5.41, 5.74) is 3.52. The standard InChI is InChI=1S/C17H16N2OTe/c1-18-15-11-13(12-20)7-8-16(15)21-17(18)9-10-19(21)14-5-3-2-4-6-14/h2-11,20H,12H2,1H3. The number of hydrogen-bond donors (Lipinski definition) is 1. The Balaban J connectivity index is 1.83. The summed E-state index contributed by atoms with van der Waals surface area (Å²) in [6, 6.07) is 17.0. The minimum atomic E-state index is -1.75. The third-order valence-electron chi connectivity index (χ3n) is 3.86. The van der Waals surface area contributed by atoms with Gasteiger partial charge in [0.15, 0.2) is 0 Å². The Kier molecular flexibility index (Phi) is 3.11. The molecule has 0 saturated heterocycles. The van der Waals surface area contributed by atoms with Crippen molar-refractivity contribution >= 4 is 38.0 Å². The van der Waals surface area contributed by atoms with Crippen LogP contribution in [-0.4, -0.2) is 35.2 Å². The third kappa shape index (κ3) is 1.95. The van der Waals surface area contributed by atoms with E-state index >= 15 is 0 Å². The fraction of sp³-hybridized carbons (Fsp3) is 0.118. The second-order valence-electron chi connectivity index (χ2n) is 5.12. The van der Waals surface area contributed by atoms with Crippen molar-refractivity contribution in [3.8, 4) is 0 Å². The van der Waals surface area contributed by atoms with Crippen LogP contribution in [0.4, 0.5) is 11.4 Å². The zero-order valence-corrected chi connectivity index (χ0v) is 14.1. The fourth-order valence-corrected chi connectivity index (χ4v) is 9.33. The molecule has 2 aliphatic heterocycles. The van der Waals surface area contributed by atoms with Gasteiger partial charge in [0.2, 0.25) is 0 Å². The van der Waals surface area contributed by atoms with E-state index in [2.05, 4.69) is 75.9 Å². The molecule has 0 atom stereocenters. The zero-order valence-electron chi connectivity index (χ0n) is 11.7. The Bertz CT molecular complexity index is 768. The summed E-state index contributed by atoms with van der Waals surface area (Å²) in [5.74, 6) is 0. The first-order chi connectivity index (χ1) is 10.3. The van der Waals surface area contributed by atoms with Crippen LogP contribution in [0.5, 0.6) is 0 Å². The van der Waals surface area contributed by atoms with E-state index in [0.717, 1.165) is 5.56 Å². The molecule has 0 fully saturated rings. The molecule has 2 heterocycles. The van der Waals surface area contributed by atoms with Crippen LogP contribution in [0.1, 0.15) is 5.56 Å². The van der Waals surface area contributed by atoms with E-state index < -0.39 is 19.3 Å². The number of nitrogens with zero attached hydrogens (tertiary/aromatic N) is 2. The number of rotatable bonds is 2. The summed E-state index contributed by atoms with van der Waals surface area (Å²) in [6.45, 7) is 0.102. The molecule has 0 saturated carbocycles. The first kappa shape index (κ1) is 13.1. The third-order valence-corrected chi connectivity index (χ3v) is 10.4. The van der Waals surface area contributed by atoms with Gasteiger partial charge in [0, 0.05) is 0 Å². The van der Waals surface area contributed by atoms with Crippen molar-refractivity contribution < 1.29 is 5.11 Å². The molecule has 0 unspecified atom stereocenters. The first-order valence-corrected chi connectivity index (χ1v) is 10.3. The van der Waals surface area contributed by atoms with E-state index in [4.69, 9.17) is 0 Å². The number of aliphatic hydroxyl groups is 1. The van der Waals surface area contributed by atoms with E-state index in [1.165, 1.54) is 18.7 Å². The van der Waals surface area contributed by atoms with Gasteiger partial charge >= 0.3 is 131 Å². The molecule has 21 heavy (non-hydrogen) atoms. The number of anilines is 2. The van der Waals surface area contributed by atoms with E-state index in [0.29, 0.717) is 0 Å². The molecule has 4 heteroatoms. The topological polar surface area (TPSA) is 26.7 Å². The molecule has 2 aromatic carbocycles. The van der Waals surface area contributed by atoms with E-state index in [1.807, 2.05) is 0 Å².